The van der Waals surface area contributed by atoms with Gasteiger partial charge in [-0.1, -0.05) is 0 Å². The van der Waals surface area contributed by atoms with Gasteiger partial charge in [-0.25, -0.2) is 4.79 Å². The minimum atomic E-state index is -0.694. The highest BCUT2D eigenvalue weighted by atomic mass is 16.5. The van der Waals surface area contributed by atoms with Crippen LogP contribution in [0.3, 0.4) is 0 Å². The predicted molar refractivity (Wildman–Crippen MR) is 105 cm³/mol. The number of hydrogen-bond donors (Lipinski definition) is 2. The van der Waals surface area contributed by atoms with Gasteiger partial charge in [0.15, 0.2) is 0 Å². The third-order valence-corrected chi connectivity index (χ3v) is 3.80. The van der Waals surface area contributed by atoms with Gasteiger partial charge in [0.05, 0.1) is 11.8 Å². The van der Waals surface area contributed by atoms with Crippen molar-refractivity contribution in [3.05, 3.63) is 64.6 Å². The highest BCUT2D eigenvalue weighted by molar-refractivity contribution is 6.04. The molecule has 1 heterocycles. The summed E-state index contributed by atoms with van der Waals surface area (Å²) in [6.07, 6.45) is 0.0538. The lowest BCUT2D eigenvalue weighted by molar-refractivity contribution is -0.118. The average Bonchev–Trinajstić information content (AvgIpc) is 3.02. The number of aromatic nitrogens is 4. The van der Waals surface area contributed by atoms with E-state index in [1.807, 2.05) is 13.8 Å². The average molecular weight is 396 g/mol. The molecule has 0 saturated carbocycles. The topological polar surface area (TPSA) is 134 Å². The lowest BCUT2D eigenvalue weighted by Crippen LogP contribution is -2.30. The molecule has 0 unspecified atom stereocenters. The fraction of sp³-hybridized carbons (Fsp3) is 0.211. The Kier molecular flexibility index (Phi) is 5.72. The summed E-state index contributed by atoms with van der Waals surface area (Å²) in [6.45, 7) is 3.50. The van der Waals surface area contributed by atoms with Crippen LogP contribution in [0.1, 0.15) is 24.2 Å². The summed E-state index contributed by atoms with van der Waals surface area (Å²) >= 11 is 0. The Morgan fingerprint density at radius 1 is 1.07 bits per heavy atom. The van der Waals surface area contributed by atoms with E-state index in [4.69, 9.17) is 10.5 Å². The van der Waals surface area contributed by atoms with Crippen LogP contribution in [-0.4, -0.2) is 37.7 Å². The van der Waals surface area contributed by atoms with Gasteiger partial charge in [-0.3, -0.25) is 9.59 Å². The molecule has 3 N–H and O–H groups in total. The number of amides is 2. The first kappa shape index (κ1) is 19.8. The molecule has 0 bridgehead atoms. The third kappa shape index (κ3) is 4.86. The van der Waals surface area contributed by atoms with Gasteiger partial charge in [0.1, 0.15) is 12.3 Å². The summed E-state index contributed by atoms with van der Waals surface area (Å²) in [5.41, 5.74) is 5.92. The molecular weight excluding hydrogens is 376 g/mol. The lowest BCUT2D eigenvalue weighted by atomic mass is 10.2. The molecule has 0 spiro atoms. The van der Waals surface area contributed by atoms with E-state index in [-0.39, 0.29) is 18.6 Å². The maximum absolute atomic E-state index is 12.4. The van der Waals surface area contributed by atoms with E-state index in [1.54, 1.807) is 48.5 Å². The Hall–Kier alpha value is -3.95. The number of nitrogens with zero attached hydrogens (tertiary/aromatic N) is 4. The Labute approximate surface area is 165 Å². The Morgan fingerprint density at radius 3 is 2.31 bits per heavy atom. The number of primary amides is 1. The fourth-order valence-corrected chi connectivity index (χ4v) is 2.53. The maximum atomic E-state index is 12.4. The van der Waals surface area contributed by atoms with Crippen molar-refractivity contribution in [2.24, 2.45) is 5.73 Å². The molecule has 0 aliphatic rings. The van der Waals surface area contributed by atoms with E-state index in [0.717, 1.165) is 9.36 Å². The number of benzene rings is 2. The molecular formula is C19H20N6O4. The van der Waals surface area contributed by atoms with E-state index in [1.165, 1.54) is 0 Å². The molecule has 0 atom stereocenters. The molecule has 10 heteroatoms. The molecule has 150 valence electrons. The van der Waals surface area contributed by atoms with Crippen molar-refractivity contribution in [3.8, 4) is 11.4 Å². The van der Waals surface area contributed by atoms with Crippen molar-refractivity contribution in [1.82, 2.24) is 19.8 Å². The molecule has 2 amide bonds. The van der Waals surface area contributed by atoms with E-state index < -0.39 is 11.6 Å². The zero-order valence-corrected chi connectivity index (χ0v) is 15.9. The van der Waals surface area contributed by atoms with Gasteiger partial charge in [-0.2, -0.15) is 9.36 Å². The first-order valence-electron chi connectivity index (χ1n) is 8.83. The predicted octanol–water partition coefficient (Wildman–Crippen LogP) is 0.954. The standard InChI is InChI=1S/C19H20N6O4/c1-12(2)29-16-9-3-13(4-10-16)18(27)21-14-5-7-15(8-6-14)25-19(28)24(22-23-25)11-17(20)26/h3-10,12H,11H2,1-2H3,(H2,20,26)(H,21,27). The molecule has 1 aromatic heterocycles. The largest absolute Gasteiger partial charge is 0.491 e. The minimum absolute atomic E-state index is 0.0538. The molecule has 3 rings (SSSR count). The molecule has 3 aromatic rings. The van der Waals surface area contributed by atoms with Gasteiger partial charge >= 0.3 is 5.69 Å². The van der Waals surface area contributed by atoms with Crippen LogP contribution < -0.4 is 21.5 Å². The van der Waals surface area contributed by atoms with Gasteiger partial charge in [0, 0.05) is 11.3 Å². The first-order chi connectivity index (χ1) is 13.8. The molecule has 0 saturated heterocycles. The van der Waals surface area contributed by atoms with Crippen LogP contribution in [0, 0.1) is 0 Å². The normalized spacial score (nSPS) is 10.7. The van der Waals surface area contributed by atoms with Crippen molar-refractivity contribution in [2.45, 2.75) is 26.5 Å². The molecule has 0 aliphatic heterocycles. The van der Waals surface area contributed by atoms with Crippen LogP contribution in [0.15, 0.2) is 53.3 Å². The zero-order chi connectivity index (χ0) is 21.0. The van der Waals surface area contributed by atoms with Crippen LogP contribution in [0.4, 0.5) is 5.69 Å². The second-order valence-electron chi connectivity index (χ2n) is 6.49. The molecule has 0 fully saturated rings. The van der Waals surface area contributed by atoms with Gasteiger partial charge < -0.3 is 15.8 Å². The molecule has 10 nitrogen and oxygen atoms in total. The Balaban J connectivity index is 1.69. The van der Waals surface area contributed by atoms with Crippen molar-refractivity contribution >= 4 is 17.5 Å². The number of nitrogens with one attached hydrogen (secondary N) is 1. The van der Waals surface area contributed by atoms with Crippen molar-refractivity contribution < 1.29 is 14.3 Å². The van der Waals surface area contributed by atoms with Crippen LogP contribution in [0.5, 0.6) is 5.75 Å². The molecule has 2 aromatic carbocycles. The van der Waals surface area contributed by atoms with Crippen LogP contribution in [-0.2, 0) is 11.3 Å². The van der Waals surface area contributed by atoms with Gasteiger partial charge in [-0.05, 0) is 72.8 Å². The zero-order valence-electron chi connectivity index (χ0n) is 15.9. The number of anilines is 1. The van der Waals surface area contributed by atoms with Crippen molar-refractivity contribution in [2.75, 3.05) is 5.32 Å². The molecule has 29 heavy (non-hydrogen) atoms. The maximum Gasteiger partial charge on any atom is 0.368 e. The number of carbonyl (C=O) groups excluding carboxylic acids is 2. The Bertz CT molecular complexity index is 1070. The first-order valence-corrected chi connectivity index (χ1v) is 8.83. The third-order valence-electron chi connectivity index (χ3n) is 3.80. The Morgan fingerprint density at radius 2 is 1.72 bits per heavy atom. The molecule has 0 aliphatic carbocycles. The fourth-order valence-electron chi connectivity index (χ4n) is 2.53. The summed E-state index contributed by atoms with van der Waals surface area (Å²) in [5.74, 6) is -0.282. The van der Waals surface area contributed by atoms with Crippen LogP contribution >= 0.6 is 0 Å². The van der Waals surface area contributed by atoms with Crippen molar-refractivity contribution in [3.63, 3.8) is 0 Å². The highest BCUT2D eigenvalue weighted by Gasteiger charge is 2.11. The second-order valence-corrected chi connectivity index (χ2v) is 6.49. The van der Waals surface area contributed by atoms with Gasteiger partial charge in [0.2, 0.25) is 5.91 Å². The number of carbonyl (C=O) groups is 2. The summed E-state index contributed by atoms with van der Waals surface area (Å²) < 4.78 is 7.45. The summed E-state index contributed by atoms with van der Waals surface area (Å²) in [6, 6.07) is 13.3. The minimum Gasteiger partial charge on any atom is -0.491 e. The highest BCUT2D eigenvalue weighted by Crippen LogP contribution is 2.16. The van der Waals surface area contributed by atoms with E-state index in [2.05, 4.69) is 15.7 Å². The van der Waals surface area contributed by atoms with Gasteiger partial charge in [-0.15, -0.1) is 0 Å². The van der Waals surface area contributed by atoms with Crippen molar-refractivity contribution in [1.29, 1.82) is 0 Å². The summed E-state index contributed by atoms with van der Waals surface area (Å²) in [7, 11) is 0. The number of nitrogens with two attached hydrogens (primary N) is 1. The SMILES string of the molecule is CC(C)Oc1ccc(C(=O)Nc2ccc(-n3nnn(CC(N)=O)c3=O)cc2)cc1. The monoisotopic (exact) mass is 396 g/mol. The van der Waals surface area contributed by atoms with Crippen LogP contribution in [0.25, 0.3) is 5.69 Å². The smallest absolute Gasteiger partial charge is 0.368 e. The van der Waals surface area contributed by atoms with E-state index in [0.29, 0.717) is 22.7 Å². The molecule has 0 radical (unpaired) electrons. The van der Waals surface area contributed by atoms with E-state index >= 15 is 0 Å². The number of tetrazole rings is 1. The lowest BCUT2D eigenvalue weighted by Gasteiger charge is -2.10. The van der Waals surface area contributed by atoms with Crippen LogP contribution in [0.2, 0.25) is 0 Å². The van der Waals surface area contributed by atoms with Gasteiger partial charge in [0.25, 0.3) is 5.91 Å². The number of ether oxygens (including phenoxy) is 1. The quantitative estimate of drug-likeness (QED) is 0.611. The summed E-state index contributed by atoms with van der Waals surface area (Å²) in [4.78, 5) is 35.5. The second kappa shape index (κ2) is 8.38. The number of hydrogen-bond acceptors (Lipinski definition) is 6. The van der Waals surface area contributed by atoms with E-state index in [9.17, 15) is 14.4 Å². The number of rotatable bonds is 7. The summed E-state index contributed by atoms with van der Waals surface area (Å²) in [5, 5.41) is 10.1.